The number of hydrogen-bond donors (Lipinski definition) is 2. The predicted molar refractivity (Wildman–Crippen MR) is 57.0 cm³/mol. The lowest BCUT2D eigenvalue weighted by atomic mass is 10.2. The van der Waals surface area contributed by atoms with Gasteiger partial charge in [-0.25, -0.2) is 9.79 Å². The molecule has 0 aromatic carbocycles. The summed E-state index contributed by atoms with van der Waals surface area (Å²) in [4.78, 5) is 14.1. The lowest BCUT2D eigenvalue weighted by Gasteiger charge is -1.93. The molecule has 0 bridgehead atoms. The van der Waals surface area contributed by atoms with Gasteiger partial charge in [-0.2, -0.15) is 0 Å². The van der Waals surface area contributed by atoms with E-state index in [1.807, 2.05) is 6.92 Å². The SMILES string of the molecule is CC/C(C=NC=N)=C\C=C(/C)C(=O)O. The molecule has 4 nitrogen and oxygen atoms in total. The van der Waals surface area contributed by atoms with Crippen molar-refractivity contribution in [3.05, 3.63) is 23.3 Å². The van der Waals surface area contributed by atoms with Crippen molar-refractivity contribution in [2.45, 2.75) is 20.3 Å². The van der Waals surface area contributed by atoms with E-state index in [0.29, 0.717) is 0 Å². The van der Waals surface area contributed by atoms with Crippen molar-refractivity contribution in [3.8, 4) is 0 Å². The van der Waals surface area contributed by atoms with Gasteiger partial charge in [0.25, 0.3) is 0 Å². The van der Waals surface area contributed by atoms with Gasteiger partial charge in [-0.15, -0.1) is 0 Å². The molecule has 0 rings (SSSR count). The van der Waals surface area contributed by atoms with E-state index in [0.717, 1.165) is 18.3 Å². The van der Waals surface area contributed by atoms with Crippen molar-refractivity contribution in [2.24, 2.45) is 4.99 Å². The third-order valence-corrected chi connectivity index (χ3v) is 1.61. The molecule has 0 fully saturated rings. The van der Waals surface area contributed by atoms with Crippen LogP contribution in [0.2, 0.25) is 0 Å². The molecular formula is C10H14N2O2. The highest BCUT2D eigenvalue weighted by Gasteiger charge is 1.96. The number of nitrogens with one attached hydrogen (secondary N) is 1. The second-order valence-corrected chi connectivity index (χ2v) is 2.66. The average Bonchev–Trinajstić information content (AvgIpc) is 2.17. The Balaban J connectivity index is 4.60. The van der Waals surface area contributed by atoms with Crippen molar-refractivity contribution >= 4 is 18.5 Å². The van der Waals surface area contributed by atoms with Crippen LogP contribution in [0.3, 0.4) is 0 Å². The molecular weight excluding hydrogens is 180 g/mol. The molecule has 0 saturated carbocycles. The quantitative estimate of drug-likeness (QED) is 0.304. The number of nitrogens with zero attached hydrogens (tertiary/aromatic N) is 1. The van der Waals surface area contributed by atoms with Crippen LogP contribution in [0.5, 0.6) is 0 Å². The number of carboxylic acid groups (broad SMARTS) is 1. The molecule has 0 amide bonds. The first-order valence-electron chi connectivity index (χ1n) is 4.24. The van der Waals surface area contributed by atoms with Gasteiger partial charge in [-0.1, -0.05) is 19.1 Å². The second kappa shape index (κ2) is 6.77. The van der Waals surface area contributed by atoms with Gasteiger partial charge in [0, 0.05) is 11.8 Å². The van der Waals surface area contributed by atoms with Crippen LogP contribution in [0, 0.1) is 5.41 Å². The third kappa shape index (κ3) is 5.03. The van der Waals surface area contributed by atoms with E-state index in [1.54, 1.807) is 12.3 Å². The number of aliphatic carboxylic acids is 1. The van der Waals surface area contributed by atoms with E-state index in [-0.39, 0.29) is 5.57 Å². The summed E-state index contributed by atoms with van der Waals surface area (Å²) in [6.45, 7) is 3.46. The number of aliphatic imine (C=N–C) groups is 1. The highest BCUT2D eigenvalue weighted by Crippen LogP contribution is 2.00. The summed E-state index contributed by atoms with van der Waals surface area (Å²) < 4.78 is 0. The molecule has 76 valence electrons. The lowest BCUT2D eigenvalue weighted by molar-refractivity contribution is -0.132. The van der Waals surface area contributed by atoms with Gasteiger partial charge in [0.15, 0.2) is 0 Å². The van der Waals surface area contributed by atoms with E-state index in [1.165, 1.54) is 13.0 Å². The van der Waals surface area contributed by atoms with Crippen LogP contribution in [0.15, 0.2) is 28.3 Å². The van der Waals surface area contributed by atoms with E-state index in [2.05, 4.69) is 4.99 Å². The van der Waals surface area contributed by atoms with Gasteiger partial charge in [-0.05, 0) is 18.9 Å². The van der Waals surface area contributed by atoms with Gasteiger partial charge in [0.05, 0.1) is 0 Å². The molecule has 0 aliphatic rings. The zero-order valence-corrected chi connectivity index (χ0v) is 8.32. The van der Waals surface area contributed by atoms with Crippen LogP contribution in [-0.4, -0.2) is 23.6 Å². The Hall–Kier alpha value is -1.71. The summed E-state index contributed by atoms with van der Waals surface area (Å²) in [5, 5.41) is 15.3. The van der Waals surface area contributed by atoms with E-state index >= 15 is 0 Å². The molecule has 4 heteroatoms. The minimum atomic E-state index is -0.930. The van der Waals surface area contributed by atoms with E-state index < -0.39 is 5.97 Å². The van der Waals surface area contributed by atoms with Crippen molar-refractivity contribution in [3.63, 3.8) is 0 Å². The fourth-order valence-corrected chi connectivity index (χ4v) is 0.689. The summed E-state index contributed by atoms with van der Waals surface area (Å²) in [5.74, 6) is -0.930. The third-order valence-electron chi connectivity index (χ3n) is 1.61. The standard InChI is InChI=1S/C10H14N2O2/c1-3-9(6-12-7-11)5-4-8(2)10(13)14/h4-7,11H,3H2,1-2H3,(H,13,14)/b8-4+,9-5+,11-7?,12-6?. The van der Waals surface area contributed by atoms with E-state index in [4.69, 9.17) is 10.5 Å². The molecule has 0 atom stereocenters. The van der Waals surface area contributed by atoms with Crippen LogP contribution in [0.25, 0.3) is 0 Å². The second-order valence-electron chi connectivity index (χ2n) is 2.66. The number of carbonyl (C=O) groups is 1. The normalized spacial score (nSPS) is 13.3. The molecule has 0 aromatic heterocycles. The first-order chi connectivity index (χ1) is 6.61. The first kappa shape index (κ1) is 12.3. The summed E-state index contributed by atoms with van der Waals surface area (Å²) in [6.07, 6.45) is 6.45. The Morgan fingerprint density at radius 2 is 2.14 bits per heavy atom. The summed E-state index contributed by atoms with van der Waals surface area (Å²) >= 11 is 0. The molecule has 2 N–H and O–H groups in total. The topological polar surface area (TPSA) is 73.5 Å². The number of hydrogen-bond acceptors (Lipinski definition) is 2. The van der Waals surface area contributed by atoms with Gasteiger partial charge < -0.3 is 5.11 Å². The van der Waals surface area contributed by atoms with Crippen LogP contribution in [-0.2, 0) is 4.79 Å². The number of rotatable bonds is 5. The molecule has 0 radical (unpaired) electrons. The highest BCUT2D eigenvalue weighted by atomic mass is 16.4. The Bertz CT molecular complexity index is 301. The van der Waals surface area contributed by atoms with Crippen LogP contribution < -0.4 is 0 Å². The smallest absolute Gasteiger partial charge is 0.331 e. The predicted octanol–water partition coefficient (Wildman–Crippen LogP) is 2.03. The fraction of sp³-hybridized carbons (Fsp3) is 0.300. The summed E-state index contributed by atoms with van der Waals surface area (Å²) in [5.41, 5.74) is 1.16. The van der Waals surface area contributed by atoms with Crippen molar-refractivity contribution in [1.29, 1.82) is 5.41 Å². The molecule has 14 heavy (non-hydrogen) atoms. The molecule has 0 aromatic rings. The lowest BCUT2D eigenvalue weighted by Crippen LogP contribution is -1.95. The van der Waals surface area contributed by atoms with Gasteiger partial charge >= 0.3 is 5.97 Å². The Morgan fingerprint density at radius 1 is 1.50 bits per heavy atom. The van der Waals surface area contributed by atoms with E-state index in [9.17, 15) is 4.79 Å². The van der Waals surface area contributed by atoms with Crippen LogP contribution >= 0.6 is 0 Å². The number of allylic oxidation sites excluding steroid dienone is 3. The molecule has 0 aliphatic carbocycles. The Kier molecular flexibility index (Phi) is 5.94. The molecule has 0 aliphatic heterocycles. The van der Waals surface area contributed by atoms with Gasteiger partial charge in [-0.3, -0.25) is 5.41 Å². The maximum atomic E-state index is 10.4. The van der Waals surface area contributed by atoms with Gasteiger partial charge in [0.2, 0.25) is 0 Å². The monoisotopic (exact) mass is 194 g/mol. The van der Waals surface area contributed by atoms with Gasteiger partial charge in [0.1, 0.15) is 6.34 Å². The van der Waals surface area contributed by atoms with Crippen LogP contribution in [0.1, 0.15) is 20.3 Å². The summed E-state index contributed by atoms with van der Waals surface area (Å²) in [6, 6.07) is 0. The minimum absolute atomic E-state index is 0.277. The Morgan fingerprint density at radius 3 is 2.57 bits per heavy atom. The highest BCUT2D eigenvalue weighted by molar-refractivity contribution is 5.87. The maximum absolute atomic E-state index is 10.4. The number of carboxylic acids is 1. The first-order valence-corrected chi connectivity index (χ1v) is 4.24. The summed E-state index contributed by atoms with van der Waals surface area (Å²) in [7, 11) is 0. The minimum Gasteiger partial charge on any atom is -0.478 e. The fourth-order valence-electron chi connectivity index (χ4n) is 0.689. The molecule has 0 saturated heterocycles. The van der Waals surface area contributed by atoms with Crippen molar-refractivity contribution < 1.29 is 9.90 Å². The zero-order chi connectivity index (χ0) is 11.0. The average molecular weight is 194 g/mol. The molecule has 0 unspecified atom stereocenters. The van der Waals surface area contributed by atoms with Crippen LogP contribution in [0.4, 0.5) is 0 Å². The van der Waals surface area contributed by atoms with Crippen molar-refractivity contribution in [2.75, 3.05) is 0 Å². The maximum Gasteiger partial charge on any atom is 0.331 e. The zero-order valence-electron chi connectivity index (χ0n) is 8.32. The molecule has 0 heterocycles. The largest absolute Gasteiger partial charge is 0.478 e. The van der Waals surface area contributed by atoms with Crippen molar-refractivity contribution in [1.82, 2.24) is 0 Å². The molecule has 0 spiro atoms. The Labute approximate surface area is 83.2 Å².